The predicted octanol–water partition coefficient (Wildman–Crippen LogP) is 6.50. The average Bonchev–Trinajstić information content (AvgIpc) is 3.05. The van der Waals surface area contributed by atoms with Crippen LogP contribution in [0.3, 0.4) is 0 Å². The van der Waals surface area contributed by atoms with Gasteiger partial charge in [-0.05, 0) is 64.9 Å². The maximum absolute atomic E-state index is 13.7. The van der Waals surface area contributed by atoms with Gasteiger partial charge in [0.05, 0.1) is 5.56 Å². The molecule has 1 N–H and O–H groups in total. The third kappa shape index (κ3) is 5.22. The molecule has 2 aromatic rings. The molecule has 1 aliphatic carbocycles. The molecule has 0 radical (unpaired) electrons. The highest BCUT2D eigenvalue weighted by molar-refractivity contribution is 6.05. The first-order valence-corrected chi connectivity index (χ1v) is 11.5. The van der Waals surface area contributed by atoms with Gasteiger partial charge in [0, 0.05) is 47.1 Å². The second-order valence-electron chi connectivity index (χ2n) is 10.5. The second kappa shape index (κ2) is 8.97. The van der Waals surface area contributed by atoms with Crippen molar-refractivity contribution >= 4 is 11.6 Å². The van der Waals surface area contributed by atoms with Crippen LogP contribution in [0.1, 0.15) is 86.7 Å². The zero-order valence-corrected chi connectivity index (χ0v) is 20.4. The maximum Gasteiger partial charge on any atom is 0.270 e. The zero-order valence-electron chi connectivity index (χ0n) is 20.4. The highest BCUT2D eigenvalue weighted by atomic mass is 19.3. The number of carbonyl (C=O) groups excluding carboxylic acids is 1. The average molecular weight is 446 g/mol. The molecule has 32 heavy (non-hydrogen) atoms. The number of carbonyl (C=O) groups is 1. The van der Waals surface area contributed by atoms with E-state index in [0.29, 0.717) is 23.3 Å². The molecular formula is C26H37F2N3O. The van der Waals surface area contributed by atoms with Crippen LogP contribution in [-0.2, 0) is 11.3 Å². The summed E-state index contributed by atoms with van der Waals surface area (Å²) in [6.07, 6.45) is 4.43. The van der Waals surface area contributed by atoms with Crippen molar-refractivity contribution in [1.82, 2.24) is 9.47 Å². The fourth-order valence-electron chi connectivity index (χ4n) is 4.80. The number of amides is 1. The summed E-state index contributed by atoms with van der Waals surface area (Å²) in [6, 6.07) is 8.87. The predicted molar refractivity (Wildman–Crippen MR) is 127 cm³/mol. The Balaban J connectivity index is 1.90. The van der Waals surface area contributed by atoms with Crippen molar-refractivity contribution in [3.63, 3.8) is 0 Å². The Morgan fingerprint density at radius 3 is 2.22 bits per heavy atom. The van der Waals surface area contributed by atoms with Gasteiger partial charge in [-0.15, -0.1) is 0 Å². The summed E-state index contributed by atoms with van der Waals surface area (Å²) in [6.45, 7) is 9.35. The largest absolute Gasteiger partial charge is 0.345 e. The number of hydrogen-bond donors (Lipinski definition) is 1. The molecule has 176 valence electrons. The van der Waals surface area contributed by atoms with Crippen molar-refractivity contribution < 1.29 is 13.6 Å². The normalized spacial score (nSPS) is 19.9. The van der Waals surface area contributed by atoms with Gasteiger partial charge in [-0.3, -0.25) is 4.79 Å². The van der Waals surface area contributed by atoms with E-state index < -0.39 is 5.92 Å². The summed E-state index contributed by atoms with van der Waals surface area (Å²) in [4.78, 5) is 15.5. The minimum absolute atomic E-state index is 0.113. The van der Waals surface area contributed by atoms with Crippen LogP contribution in [0, 0.1) is 6.92 Å². The molecule has 0 bridgehead atoms. The van der Waals surface area contributed by atoms with Crippen molar-refractivity contribution in [2.24, 2.45) is 0 Å². The van der Waals surface area contributed by atoms with Gasteiger partial charge < -0.3 is 14.8 Å². The molecule has 3 rings (SSSR count). The number of nitrogens with zero attached hydrogens (tertiary/aromatic N) is 2. The summed E-state index contributed by atoms with van der Waals surface area (Å²) in [7, 11) is 4.27. The Kier molecular flexibility index (Phi) is 6.85. The SMILES string of the molecule is Cc1c(C(=O)Nc2cccc(C(C)(F)F)c2)cc(C(C)(C)C)n1[C@H]1CC[C@H](N(C)C)CC1. The fourth-order valence-corrected chi connectivity index (χ4v) is 4.80. The highest BCUT2D eigenvalue weighted by Gasteiger charge is 2.31. The van der Waals surface area contributed by atoms with Gasteiger partial charge in [0.1, 0.15) is 0 Å². The van der Waals surface area contributed by atoms with E-state index in [0.717, 1.165) is 44.0 Å². The smallest absolute Gasteiger partial charge is 0.270 e. The Morgan fingerprint density at radius 2 is 1.69 bits per heavy atom. The van der Waals surface area contributed by atoms with E-state index in [-0.39, 0.29) is 16.9 Å². The molecule has 1 amide bonds. The van der Waals surface area contributed by atoms with E-state index in [4.69, 9.17) is 0 Å². The van der Waals surface area contributed by atoms with E-state index in [1.807, 2.05) is 13.0 Å². The highest BCUT2D eigenvalue weighted by Crippen LogP contribution is 2.38. The van der Waals surface area contributed by atoms with E-state index in [2.05, 4.69) is 49.7 Å². The molecule has 6 heteroatoms. The summed E-state index contributed by atoms with van der Waals surface area (Å²) in [5.74, 6) is -3.21. The Labute approximate surface area is 191 Å². The lowest BCUT2D eigenvalue weighted by Gasteiger charge is -2.36. The first-order valence-electron chi connectivity index (χ1n) is 11.5. The summed E-state index contributed by atoms with van der Waals surface area (Å²) in [5, 5.41) is 2.84. The molecule has 0 aliphatic heterocycles. The third-order valence-corrected chi connectivity index (χ3v) is 6.69. The minimum atomic E-state index is -2.95. The van der Waals surface area contributed by atoms with Gasteiger partial charge >= 0.3 is 0 Å². The lowest BCUT2D eigenvalue weighted by molar-refractivity contribution is 0.0175. The van der Waals surface area contributed by atoms with E-state index >= 15 is 0 Å². The molecule has 0 unspecified atom stereocenters. The Hall–Kier alpha value is -2.21. The molecule has 4 nitrogen and oxygen atoms in total. The van der Waals surface area contributed by atoms with Crippen molar-refractivity contribution in [2.75, 3.05) is 19.4 Å². The van der Waals surface area contributed by atoms with Crippen molar-refractivity contribution in [1.29, 1.82) is 0 Å². The maximum atomic E-state index is 13.7. The fraction of sp³-hybridized carbons (Fsp3) is 0.577. The van der Waals surface area contributed by atoms with Crippen LogP contribution < -0.4 is 5.32 Å². The Morgan fingerprint density at radius 1 is 1.06 bits per heavy atom. The van der Waals surface area contributed by atoms with Gasteiger partial charge in [0.15, 0.2) is 0 Å². The number of benzene rings is 1. The number of nitrogens with one attached hydrogen (secondary N) is 1. The van der Waals surface area contributed by atoms with Crippen LogP contribution in [0.2, 0.25) is 0 Å². The van der Waals surface area contributed by atoms with Crippen LogP contribution >= 0.6 is 0 Å². The van der Waals surface area contributed by atoms with Gasteiger partial charge in [-0.1, -0.05) is 32.9 Å². The van der Waals surface area contributed by atoms with Crippen molar-refractivity contribution in [3.05, 3.63) is 52.8 Å². The summed E-state index contributed by atoms with van der Waals surface area (Å²) < 4.78 is 29.8. The van der Waals surface area contributed by atoms with Crippen LogP contribution in [0.15, 0.2) is 30.3 Å². The molecule has 0 saturated heterocycles. The summed E-state index contributed by atoms with van der Waals surface area (Å²) in [5.41, 5.74) is 2.84. The molecule has 1 fully saturated rings. The van der Waals surface area contributed by atoms with Gasteiger partial charge in [0.25, 0.3) is 11.8 Å². The quantitative estimate of drug-likeness (QED) is 0.570. The van der Waals surface area contributed by atoms with Crippen LogP contribution in [0.4, 0.5) is 14.5 Å². The van der Waals surface area contributed by atoms with Crippen molar-refractivity contribution in [2.45, 2.75) is 83.7 Å². The van der Waals surface area contributed by atoms with E-state index in [1.165, 1.54) is 12.1 Å². The number of rotatable bonds is 5. The topological polar surface area (TPSA) is 37.3 Å². The molecular weight excluding hydrogens is 408 g/mol. The monoisotopic (exact) mass is 445 g/mol. The Bertz CT molecular complexity index is 958. The zero-order chi connectivity index (χ0) is 23.8. The molecule has 1 heterocycles. The molecule has 0 atom stereocenters. The molecule has 1 saturated carbocycles. The number of hydrogen-bond acceptors (Lipinski definition) is 2. The lowest BCUT2D eigenvalue weighted by Crippen LogP contribution is -2.34. The number of alkyl halides is 2. The van der Waals surface area contributed by atoms with Crippen LogP contribution in [-0.4, -0.2) is 35.5 Å². The number of halogens is 2. The number of anilines is 1. The molecule has 0 spiro atoms. The van der Waals surface area contributed by atoms with Gasteiger partial charge in [-0.25, -0.2) is 8.78 Å². The van der Waals surface area contributed by atoms with Crippen LogP contribution in [0.5, 0.6) is 0 Å². The van der Waals surface area contributed by atoms with Gasteiger partial charge in [0.2, 0.25) is 0 Å². The van der Waals surface area contributed by atoms with Crippen molar-refractivity contribution in [3.8, 4) is 0 Å². The lowest BCUT2D eigenvalue weighted by atomic mass is 9.87. The summed E-state index contributed by atoms with van der Waals surface area (Å²) >= 11 is 0. The first kappa shape index (κ1) is 24.4. The van der Waals surface area contributed by atoms with E-state index in [9.17, 15) is 13.6 Å². The minimum Gasteiger partial charge on any atom is -0.345 e. The third-order valence-electron chi connectivity index (χ3n) is 6.69. The first-order chi connectivity index (χ1) is 14.8. The second-order valence-corrected chi connectivity index (χ2v) is 10.5. The molecule has 1 aliphatic rings. The molecule has 1 aromatic heterocycles. The van der Waals surface area contributed by atoms with E-state index in [1.54, 1.807) is 12.1 Å². The van der Waals surface area contributed by atoms with Gasteiger partial charge in [-0.2, -0.15) is 0 Å². The van der Waals surface area contributed by atoms with Crippen LogP contribution in [0.25, 0.3) is 0 Å². The standard InChI is InChI=1S/C26H37F2N3O/c1-17-22(24(32)29-19-10-8-9-18(15-19)26(5,27)28)16-23(25(2,3)4)31(17)21-13-11-20(12-14-21)30(6)7/h8-10,15-16,20-21H,11-14H2,1-7H3,(H,29,32)/t20-,21-. The molecule has 1 aromatic carbocycles. The number of aromatic nitrogens is 1.